The van der Waals surface area contributed by atoms with Gasteiger partial charge < -0.3 is 14.8 Å². The van der Waals surface area contributed by atoms with Gasteiger partial charge in [0.15, 0.2) is 5.13 Å². The lowest BCUT2D eigenvalue weighted by Gasteiger charge is -2.16. The van der Waals surface area contributed by atoms with E-state index in [2.05, 4.69) is 20.4 Å². The molecule has 39 heavy (non-hydrogen) atoms. The third-order valence-electron chi connectivity index (χ3n) is 5.45. The van der Waals surface area contributed by atoms with E-state index in [0.29, 0.717) is 16.3 Å². The number of hydrogen-bond donors (Lipinski definition) is 2. The smallest absolute Gasteiger partial charge is 0.350 e. The van der Waals surface area contributed by atoms with Crippen molar-refractivity contribution in [2.24, 2.45) is 0 Å². The van der Waals surface area contributed by atoms with Crippen LogP contribution in [0.15, 0.2) is 59.3 Å². The fraction of sp³-hybridized carbons (Fsp3) is 0.154. The molecule has 200 valence electrons. The van der Waals surface area contributed by atoms with Gasteiger partial charge in [-0.2, -0.15) is 0 Å². The van der Waals surface area contributed by atoms with Gasteiger partial charge in [0.2, 0.25) is 0 Å². The van der Waals surface area contributed by atoms with Gasteiger partial charge in [0, 0.05) is 11.3 Å². The molecule has 0 fully saturated rings. The van der Waals surface area contributed by atoms with Crippen LogP contribution in [0.1, 0.15) is 43.0 Å². The van der Waals surface area contributed by atoms with Crippen LogP contribution in [0.25, 0.3) is 0 Å². The Hall–Kier alpha value is -4.55. The zero-order valence-electron chi connectivity index (χ0n) is 20.9. The van der Waals surface area contributed by atoms with E-state index in [4.69, 9.17) is 16.3 Å². The number of esters is 2. The summed E-state index contributed by atoms with van der Waals surface area (Å²) in [7, 11) is 1.22. The summed E-state index contributed by atoms with van der Waals surface area (Å²) in [4.78, 5) is 67.7. The molecule has 0 radical (unpaired) electrons. The van der Waals surface area contributed by atoms with Gasteiger partial charge in [-0.25, -0.2) is 19.5 Å². The zero-order valence-corrected chi connectivity index (χ0v) is 22.4. The maximum atomic E-state index is 13.1. The molecular formula is C26H21ClN4O7S. The molecule has 2 aromatic carbocycles. The third kappa shape index (κ3) is 5.66. The van der Waals surface area contributed by atoms with Crippen LogP contribution in [0.5, 0.6) is 0 Å². The van der Waals surface area contributed by atoms with E-state index >= 15 is 0 Å². The minimum absolute atomic E-state index is 0.151. The highest BCUT2D eigenvalue weighted by molar-refractivity contribution is 7.17. The van der Waals surface area contributed by atoms with Crippen LogP contribution in [0.4, 0.5) is 16.5 Å². The number of nitrogens with one attached hydrogen (secondary N) is 2. The van der Waals surface area contributed by atoms with Crippen LogP contribution in [-0.4, -0.2) is 48.4 Å². The lowest BCUT2D eigenvalue weighted by Crippen LogP contribution is -2.32. The summed E-state index contributed by atoms with van der Waals surface area (Å²) in [6, 6.07) is 11.9. The second-order valence-electron chi connectivity index (χ2n) is 7.99. The van der Waals surface area contributed by atoms with Crippen LogP contribution in [0.2, 0.25) is 0 Å². The quantitative estimate of drug-likeness (QED) is 0.303. The molecular weight excluding hydrogens is 548 g/mol. The van der Waals surface area contributed by atoms with Gasteiger partial charge in [0.25, 0.3) is 17.7 Å². The zero-order chi connectivity index (χ0) is 28.3. The Morgan fingerprint density at radius 1 is 1.03 bits per heavy atom. The summed E-state index contributed by atoms with van der Waals surface area (Å²) in [5.41, 5.74) is 1.26. The summed E-state index contributed by atoms with van der Waals surface area (Å²) >= 11 is 7.19. The van der Waals surface area contributed by atoms with Crippen molar-refractivity contribution in [1.82, 2.24) is 4.98 Å². The summed E-state index contributed by atoms with van der Waals surface area (Å²) in [6.45, 7) is 3.56. The van der Waals surface area contributed by atoms with Crippen molar-refractivity contribution >= 4 is 69.1 Å². The molecule has 11 nitrogen and oxygen atoms in total. The molecule has 3 amide bonds. The third-order valence-corrected chi connectivity index (χ3v) is 6.85. The first-order valence-electron chi connectivity index (χ1n) is 11.4. The summed E-state index contributed by atoms with van der Waals surface area (Å²) in [5, 5.41) is 5.37. The number of aryl methyl sites for hydroxylation is 1. The minimum Gasteiger partial charge on any atom is -0.465 e. The lowest BCUT2D eigenvalue weighted by molar-refractivity contribution is -0.120. The number of anilines is 3. The van der Waals surface area contributed by atoms with Crippen molar-refractivity contribution in [3.8, 4) is 0 Å². The van der Waals surface area contributed by atoms with E-state index in [1.54, 1.807) is 13.8 Å². The number of carbonyl (C=O) groups is 5. The van der Waals surface area contributed by atoms with Gasteiger partial charge in [0.1, 0.15) is 15.6 Å². The molecule has 1 aromatic heterocycles. The molecule has 13 heteroatoms. The number of amides is 3. The first-order valence-corrected chi connectivity index (χ1v) is 12.6. The summed E-state index contributed by atoms with van der Waals surface area (Å²) in [5.74, 6) is -3.08. The molecule has 1 aliphatic heterocycles. The van der Waals surface area contributed by atoms with Crippen LogP contribution < -0.4 is 15.5 Å². The van der Waals surface area contributed by atoms with Crippen molar-refractivity contribution < 1.29 is 33.4 Å². The molecule has 0 saturated carbocycles. The Bertz CT molecular complexity index is 1530. The van der Waals surface area contributed by atoms with Gasteiger partial charge >= 0.3 is 11.9 Å². The van der Waals surface area contributed by atoms with Crippen molar-refractivity contribution in [2.75, 3.05) is 29.3 Å². The van der Waals surface area contributed by atoms with Crippen LogP contribution in [0.3, 0.4) is 0 Å². The molecule has 3 aromatic rings. The average Bonchev–Trinajstić information content (AvgIpc) is 3.40. The van der Waals surface area contributed by atoms with E-state index in [0.717, 1.165) is 16.2 Å². The van der Waals surface area contributed by atoms with Gasteiger partial charge in [-0.15, -0.1) is 0 Å². The van der Waals surface area contributed by atoms with Crippen molar-refractivity contribution in [3.63, 3.8) is 0 Å². The Morgan fingerprint density at radius 3 is 2.41 bits per heavy atom. The molecule has 4 rings (SSSR count). The molecule has 0 atom stereocenters. The van der Waals surface area contributed by atoms with E-state index < -0.39 is 29.7 Å². The maximum Gasteiger partial charge on any atom is 0.350 e. The maximum absolute atomic E-state index is 13.1. The number of aromatic nitrogens is 1. The second-order valence-corrected chi connectivity index (χ2v) is 9.36. The minimum atomic E-state index is -0.761. The lowest BCUT2D eigenvalue weighted by atomic mass is 10.2. The number of benzene rings is 2. The number of methoxy groups -OCH3 is 1. The van der Waals surface area contributed by atoms with Gasteiger partial charge in [-0.3, -0.25) is 19.7 Å². The Morgan fingerprint density at radius 2 is 1.74 bits per heavy atom. The standard InChI is InChI=1S/C26H21ClN4O7S/c1-4-38-25(36)20-13(2)28-26(39-20)30-21(32)14-8-10-16(11-9-14)29-19-18(27)22(33)31(23(19)34)17-7-5-6-15(12-17)24(35)37-3/h5-12,29H,4H2,1-3H3,(H,28,30,32). The number of halogens is 1. The van der Waals surface area contributed by atoms with E-state index in [9.17, 15) is 24.0 Å². The molecule has 0 bridgehead atoms. The number of hydrogen-bond acceptors (Lipinski definition) is 10. The number of thiazole rings is 1. The average molecular weight is 569 g/mol. The van der Waals surface area contributed by atoms with Gasteiger partial charge in [-0.05, 0) is 56.3 Å². The predicted molar refractivity (Wildman–Crippen MR) is 144 cm³/mol. The van der Waals surface area contributed by atoms with E-state index in [1.807, 2.05) is 0 Å². The fourth-order valence-corrected chi connectivity index (χ4v) is 4.66. The second kappa shape index (κ2) is 11.5. The van der Waals surface area contributed by atoms with Crippen molar-refractivity contribution in [3.05, 3.63) is 81.0 Å². The number of nitrogens with zero attached hydrogens (tertiary/aromatic N) is 2. The molecule has 0 saturated heterocycles. The number of rotatable bonds is 8. The van der Waals surface area contributed by atoms with Crippen LogP contribution in [-0.2, 0) is 19.1 Å². The largest absolute Gasteiger partial charge is 0.465 e. The summed E-state index contributed by atoms with van der Waals surface area (Å²) in [6.07, 6.45) is 0. The highest BCUT2D eigenvalue weighted by Crippen LogP contribution is 2.31. The molecule has 1 aliphatic rings. The van der Waals surface area contributed by atoms with Gasteiger partial charge in [0.05, 0.1) is 30.7 Å². The highest BCUT2D eigenvalue weighted by atomic mass is 35.5. The molecule has 0 aliphatic carbocycles. The SMILES string of the molecule is CCOC(=O)c1sc(NC(=O)c2ccc(NC3=C(Cl)C(=O)N(c4cccc(C(=O)OC)c4)C3=O)cc2)nc1C. The predicted octanol–water partition coefficient (Wildman–Crippen LogP) is 4.10. The summed E-state index contributed by atoms with van der Waals surface area (Å²) < 4.78 is 9.67. The number of carbonyl (C=O) groups excluding carboxylic acids is 5. The highest BCUT2D eigenvalue weighted by Gasteiger charge is 2.39. The van der Waals surface area contributed by atoms with Crippen molar-refractivity contribution in [1.29, 1.82) is 0 Å². The van der Waals surface area contributed by atoms with Crippen molar-refractivity contribution in [2.45, 2.75) is 13.8 Å². The first kappa shape index (κ1) is 27.5. The van der Waals surface area contributed by atoms with Crippen LogP contribution >= 0.6 is 22.9 Å². The Balaban J connectivity index is 1.46. The Labute approximate surface area is 231 Å². The van der Waals surface area contributed by atoms with Crippen LogP contribution in [0, 0.1) is 6.92 Å². The van der Waals surface area contributed by atoms with E-state index in [1.165, 1.54) is 55.6 Å². The molecule has 2 heterocycles. The topological polar surface area (TPSA) is 144 Å². The normalized spacial score (nSPS) is 13.0. The van der Waals surface area contributed by atoms with Gasteiger partial charge in [-0.1, -0.05) is 29.0 Å². The fourth-order valence-electron chi connectivity index (χ4n) is 3.59. The molecule has 0 spiro atoms. The molecule has 0 unspecified atom stereocenters. The number of imide groups is 1. The monoisotopic (exact) mass is 568 g/mol. The number of ether oxygens (including phenoxy) is 2. The first-order chi connectivity index (χ1) is 18.6. The molecule has 2 N–H and O–H groups in total. The van der Waals surface area contributed by atoms with E-state index in [-0.39, 0.29) is 39.3 Å². The Kier molecular flexibility index (Phi) is 8.07.